The summed E-state index contributed by atoms with van der Waals surface area (Å²) >= 11 is 0. The highest BCUT2D eigenvalue weighted by Gasteiger charge is 2.34. The van der Waals surface area contributed by atoms with Crippen LogP contribution in [0.4, 0.5) is 11.4 Å². The van der Waals surface area contributed by atoms with E-state index in [1.807, 2.05) is 35.2 Å². The normalized spacial score (nSPS) is 19.7. The Bertz CT molecular complexity index is 938. The highest BCUT2D eigenvalue weighted by atomic mass is 32.2. The lowest BCUT2D eigenvalue weighted by atomic mass is 10.1. The Morgan fingerprint density at radius 2 is 1.77 bits per heavy atom. The Labute approximate surface area is 154 Å². The molecular formula is C20H22N2O3S. The molecule has 0 N–H and O–H groups in total. The third-order valence-electron chi connectivity index (χ3n) is 5.32. The van der Waals surface area contributed by atoms with Gasteiger partial charge in [-0.05, 0) is 48.7 Å². The van der Waals surface area contributed by atoms with E-state index in [9.17, 15) is 13.2 Å². The van der Waals surface area contributed by atoms with Crippen molar-refractivity contribution in [1.29, 1.82) is 0 Å². The average molecular weight is 370 g/mol. The largest absolute Gasteiger partial charge is 0.371 e. The molecule has 0 aliphatic carbocycles. The van der Waals surface area contributed by atoms with Crippen molar-refractivity contribution in [3.8, 4) is 0 Å². The van der Waals surface area contributed by atoms with Gasteiger partial charge in [0.15, 0.2) is 9.84 Å². The van der Waals surface area contributed by atoms with Crippen molar-refractivity contribution in [3.05, 3.63) is 54.1 Å². The number of sulfone groups is 1. The van der Waals surface area contributed by atoms with Crippen LogP contribution in [0.3, 0.4) is 0 Å². The third kappa shape index (κ3) is 3.09. The van der Waals surface area contributed by atoms with Gasteiger partial charge in [-0.2, -0.15) is 0 Å². The van der Waals surface area contributed by atoms with Crippen molar-refractivity contribution >= 4 is 27.1 Å². The predicted molar refractivity (Wildman–Crippen MR) is 102 cm³/mol. The molecule has 6 heteroatoms. The summed E-state index contributed by atoms with van der Waals surface area (Å²) in [4.78, 5) is 17.4. The highest BCUT2D eigenvalue weighted by molar-refractivity contribution is 7.90. The summed E-state index contributed by atoms with van der Waals surface area (Å²) in [6, 6.07) is 15.0. The number of rotatable bonds is 3. The summed E-state index contributed by atoms with van der Waals surface area (Å²) in [5.41, 5.74) is 3.26. The molecule has 1 atom stereocenters. The quantitative estimate of drug-likeness (QED) is 0.833. The molecule has 26 heavy (non-hydrogen) atoms. The molecule has 1 fully saturated rings. The van der Waals surface area contributed by atoms with Gasteiger partial charge < -0.3 is 9.80 Å². The highest BCUT2D eigenvalue weighted by Crippen LogP contribution is 2.32. The first kappa shape index (κ1) is 17.1. The zero-order valence-electron chi connectivity index (χ0n) is 14.8. The lowest BCUT2D eigenvalue weighted by Gasteiger charge is -2.22. The molecule has 2 heterocycles. The van der Waals surface area contributed by atoms with Crippen LogP contribution in [0.5, 0.6) is 0 Å². The van der Waals surface area contributed by atoms with Crippen LogP contribution in [0.15, 0.2) is 53.4 Å². The Morgan fingerprint density at radius 3 is 2.50 bits per heavy atom. The van der Waals surface area contributed by atoms with Crippen LogP contribution in [0, 0.1) is 5.92 Å². The zero-order valence-corrected chi connectivity index (χ0v) is 15.6. The SMILES string of the molecule is CS(=O)(=O)c1ccc(N2CCC(C(=O)N3CCc4ccccc43)C2)cc1. The maximum Gasteiger partial charge on any atom is 0.231 e. The fraction of sp³-hybridized carbons (Fsp3) is 0.350. The fourth-order valence-corrected chi connectivity index (χ4v) is 4.52. The summed E-state index contributed by atoms with van der Waals surface area (Å²) in [7, 11) is -3.19. The Hall–Kier alpha value is -2.34. The van der Waals surface area contributed by atoms with Gasteiger partial charge in [0.05, 0.1) is 10.8 Å². The molecule has 136 valence electrons. The maximum atomic E-state index is 13.0. The summed E-state index contributed by atoms with van der Waals surface area (Å²) in [5.74, 6) is 0.181. The van der Waals surface area contributed by atoms with Crippen LogP contribution < -0.4 is 9.80 Å². The lowest BCUT2D eigenvalue weighted by Crippen LogP contribution is -2.36. The minimum Gasteiger partial charge on any atom is -0.371 e. The molecule has 2 aliphatic heterocycles. The Kier molecular flexibility index (Phi) is 4.23. The van der Waals surface area contributed by atoms with Gasteiger partial charge in [0.25, 0.3) is 0 Å². The smallest absolute Gasteiger partial charge is 0.231 e. The molecular weight excluding hydrogens is 348 g/mol. The number of para-hydroxylation sites is 1. The summed E-state index contributed by atoms with van der Waals surface area (Å²) < 4.78 is 23.2. The van der Waals surface area contributed by atoms with E-state index in [1.54, 1.807) is 12.1 Å². The van der Waals surface area contributed by atoms with E-state index >= 15 is 0 Å². The second kappa shape index (κ2) is 6.43. The van der Waals surface area contributed by atoms with E-state index in [1.165, 1.54) is 11.8 Å². The number of fused-ring (bicyclic) bond motifs is 1. The summed E-state index contributed by atoms with van der Waals surface area (Å²) in [6.45, 7) is 2.25. The molecule has 0 spiro atoms. The molecule has 1 amide bonds. The Balaban J connectivity index is 1.46. The lowest BCUT2D eigenvalue weighted by molar-refractivity contribution is -0.121. The van der Waals surface area contributed by atoms with Gasteiger partial charge >= 0.3 is 0 Å². The van der Waals surface area contributed by atoms with Crippen LogP contribution in [-0.4, -0.2) is 40.2 Å². The molecule has 0 radical (unpaired) electrons. The van der Waals surface area contributed by atoms with Gasteiger partial charge in [0.1, 0.15) is 0 Å². The number of anilines is 2. The minimum atomic E-state index is -3.19. The van der Waals surface area contributed by atoms with Gasteiger partial charge in [-0.3, -0.25) is 4.79 Å². The number of hydrogen-bond donors (Lipinski definition) is 0. The zero-order chi connectivity index (χ0) is 18.3. The van der Waals surface area contributed by atoms with E-state index < -0.39 is 9.84 Å². The van der Waals surface area contributed by atoms with Crippen LogP contribution in [0.2, 0.25) is 0 Å². The van der Waals surface area contributed by atoms with Gasteiger partial charge in [-0.15, -0.1) is 0 Å². The molecule has 2 aromatic carbocycles. The van der Waals surface area contributed by atoms with Crippen molar-refractivity contribution in [3.63, 3.8) is 0 Å². The molecule has 4 rings (SSSR count). The monoisotopic (exact) mass is 370 g/mol. The molecule has 0 aromatic heterocycles. The molecule has 2 aromatic rings. The first-order chi connectivity index (χ1) is 12.4. The predicted octanol–water partition coefficient (Wildman–Crippen LogP) is 2.51. The number of hydrogen-bond acceptors (Lipinski definition) is 4. The van der Waals surface area contributed by atoms with Crippen LogP contribution >= 0.6 is 0 Å². The molecule has 0 bridgehead atoms. The molecule has 1 saturated heterocycles. The van der Waals surface area contributed by atoms with Crippen molar-refractivity contribution in [2.24, 2.45) is 5.92 Å². The Morgan fingerprint density at radius 1 is 1.04 bits per heavy atom. The van der Waals surface area contributed by atoms with Crippen molar-refractivity contribution in [1.82, 2.24) is 0 Å². The maximum absolute atomic E-state index is 13.0. The number of carbonyl (C=O) groups excluding carboxylic acids is 1. The van der Waals surface area contributed by atoms with Crippen LogP contribution in [-0.2, 0) is 21.1 Å². The third-order valence-corrected chi connectivity index (χ3v) is 6.45. The number of nitrogens with zero attached hydrogens (tertiary/aromatic N) is 2. The van der Waals surface area contributed by atoms with Crippen molar-refractivity contribution in [2.75, 3.05) is 35.7 Å². The van der Waals surface area contributed by atoms with E-state index in [0.717, 1.165) is 37.3 Å². The van der Waals surface area contributed by atoms with E-state index in [4.69, 9.17) is 0 Å². The average Bonchev–Trinajstić information content (AvgIpc) is 3.28. The molecule has 0 saturated carbocycles. The first-order valence-corrected chi connectivity index (χ1v) is 10.8. The number of carbonyl (C=O) groups is 1. The van der Waals surface area contributed by atoms with E-state index in [-0.39, 0.29) is 11.8 Å². The van der Waals surface area contributed by atoms with Gasteiger partial charge in [-0.25, -0.2) is 8.42 Å². The van der Waals surface area contributed by atoms with Crippen molar-refractivity contribution in [2.45, 2.75) is 17.7 Å². The van der Waals surface area contributed by atoms with Gasteiger partial charge in [0.2, 0.25) is 5.91 Å². The van der Waals surface area contributed by atoms with E-state index in [2.05, 4.69) is 11.0 Å². The van der Waals surface area contributed by atoms with Gasteiger partial charge in [-0.1, -0.05) is 18.2 Å². The standard InChI is InChI=1S/C20H22N2O3S/c1-26(24,25)18-8-6-17(7-9-18)21-12-10-16(14-21)20(23)22-13-11-15-4-2-3-5-19(15)22/h2-9,16H,10-14H2,1H3. The van der Waals surface area contributed by atoms with Crippen LogP contribution in [0.25, 0.3) is 0 Å². The summed E-state index contributed by atoms with van der Waals surface area (Å²) in [5, 5.41) is 0. The van der Waals surface area contributed by atoms with Crippen LogP contribution in [0.1, 0.15) is 12.0 Å². The second-order valence-corrected chi connectivity index (χ2v) is 9.08. The molecule has 2 aliphatic rings. The second-order valence-electron chi connectivity index (χ2n) is 7.07. The molecule has 5 nitrogen and oxygen atoms in total. The number of benzene rings is 2. The van der Waals surface area contributed by atoms with Gasteiger partial charge in [0, 0.05) is 37.3 Å². The minimum absolute atomic E-state index is 0.0178. The topological polar surface area (TPSA) is 57.7 Å². The number of amides is 1. The van der Waals surface area contributed by atoms with E-state index in [0.29, 0.717) is 11.4 Å². The fourth-order valence-electron chi connectivity index (χ4n) is 3.89. The first-order valence-electron chi connectivity index (χ1n) is 8.88. The molecule has 1 unspecified atom stereocenters. The van der Waals surface area contributed by atoms with Crippen molar-refractivity contribution < 1.29 is 13.2 Å². The summed E-state index contributed by atoms with van der Waals surface area (Å²) in [6.07, 6.45) is 2.96.